The highest BCUT2D eigenvalue weighted by molar-refractivity contribution is 5.66. The van der Waals surface area contributed by atoms with Gasteiger partial charge in [0.2, 0.25) is 0 Å². The Hall–Kier alpha value is -0.530. The van der Waals surface area contributed by atoms with Crippen LogP contribution in [0.15, 0.2) is 0 Å². The van der Waals surface area contributed by atoms with Gasteiger partial charge >= 0.3 is 5.97 Å². The third-order valence-electron chi connectivity index (χ3n) is 6.46. The lowest BCUT2D eigenvalue weighted by molar-refractivity contribution is -0.137. The van der Waals surface area contributed by atoms with Gasteiger partial charge in [0, 0.05) is 6.42 Å². The maximum Gasteiger partial charge on any atom is 0.303 e. The first kappa shape index (κ1) is 24.5. The normalized spacial score (nSPS) is 18.7. The fourth-order valence-electron chi connectivity index (χ4n) is 4.49. The van der Waals surface area contributed by atoms with Crippen LogP contribution in [-0.2, 0) is 4.79 Å². The molecule has 2 atom stereocenters. The zero-order valence-electron chi connectivity index (χ0n) is 18.4. The van der Waals surface area contributed by atoms with Crippen LogP contribution < -0.4 is 0 Å². The Morgan fingerprint density at radius 2 is 1.00 bits per heavy atom. The number of aliphatic carboxylic acids is 1. The lowest BCUT2D eigenvalue weighted by Crippen LogP contribution is -1.94. The van der Waals surface area contributed by atoms with Crippen LogP contribution in [0.5, 0.6) is 0 Å². The van der Waals surface area contributed by atoms with Gasteiger partial charge in [-0.15, -0.1) is 0 Å². The number of hydrogen-bond acceptors (Lipinski definition) is 1. The smallest absolute Gasteiger partial charge is 0.303 e. The third kappa shape index (κ3) is 16.2. The maximum atomic E-state index is 10.5. The van der Waals surface area contributed by atoms with Crippen LogP contribution in [0.1, 0.15) is 142 Å². The fraction of sp³-hybridized carbons (Fsp3) is 0.960. The second-order valence-corrected chi connectivity index (χ2v) is 9.13. The molecule has 2 nitrogen and oxygen atoms in total. The summed E-state index contributed by atoms with van der Waals surface area (Å²) in [6.45, 7) is 2.29. The predicted octanol–water partition coefficient (Wildman–Crippen LogP) is 8.53. The van der Waals surface area contributed by atoms with Gasteiger partial charge in [-0.3, -0.25) is 4.79 Å². The second kappa shape index (κ2) is 17.6. The van der Waals surface area contributed by atoms with Crippen molar-refractivity contribution in [3.05, 3.63) is 0 Å². The second-order valence-electron chi connectivity index (χ2n) is 9.13. The highest BCUT2D eigenvalue weighted by atomic mass is 16.4. The molecule has 1 aliphatic rings. The number of carbonyl (C=O) groups is 1. The summed E-state index contributed by atoms with van der Waals surface area (Å²) in [5.74, 6) is 1.16. The van der Waals surface area contributed by atoms with Crippen molar-refractivity contribution in [2.24, 2.45) is 11.8 Å². The van der Waals surface area contributed by atoms with E-state index in [-0.39, 0.29) is 0 Å². The Labute approximate surface area is 169 Å². The Morgan fingerprint density at radius 1 is 0.630 bits per heavy atom. The van der Waals surface area contributed by atoms with Gasteiger partial charge in [0.05, 0.1) is 0 Å². The van der Waals surface area contributed by atoms with Crippen molar-refractivity contribution in [1.29, 1.82) is 0 Å². The predicted molar refractivity (Wildman–Crippen MR) is 117 cm³/mol. The van der Waals surface area contributed by atoms with E-state index in [1.54, 1.807) is 0 Å². The zero-order valence-corrected chi connectivity index (χ0v) is 18.4. The molecule has 0 aromatic heterocycles. The highest BCUT2D eigenvalue weighted by Gasteiger charge is 2.35. The first-order valence-electron chi connectivity index (χ1n) is 12.5. The molecule has 160 valence electrons. The summed E-state index contributed by atoms with van der Waals surface area (Å²) in [6.07, 6.45) is 28.2. The summed E-state index contributed by atoms with van der Waals surface area (Å²) in [4.78, 5) is 10.5. The van der Waals surface area contributed by atoms with E-state index in [9.17, 15) is 4.79 Å². The number of carboxylic acid groups (broad SMARTS) is 1. The Kier molecular flexibility index (Phi) is 15.9. The molecule has 0 spiro atoms. The van der Waals surface area contributed by atoms with E-state index in [4.69, 9.17) is 5.11 Å². The molecule has 1 rings (SSSR count). The van der Waals surface area contributed by atoms with Crippen molar-refractivity contribution in [2.45, 2.75) is 142 Å². The van der Waals surface area contributed by atoms with Crippen molar-refractivity contribution in [1.82, 2.24) is 0 Å². The zero-order chi connectivity index (χ0) is 19.6. The molecule has 0 saturated heterocycles. The van der Waals surface area contributed by atoms with E-state index < -0.39 is 5.97 Å². The van der Waals surface area contributed by atoms with Crippen molar-refractivity contribution in [3.63, 3.8) is 0 Å². The Balaban J connectivity index is 1.68. The first-order valence-corrected chi connectivity index (χ1v) is 12.5. The van der Waals surface area contributed by atoms with Gasteiger partial charge in [-0.2, -0.15) is 0 Å². The van der Waals surface area contributed by atoms with E-state index in [2.05, 4.69) is 6.92 Å². The van der Waals surface area contributed by atoms with Gasteiger partial charge in [-0.1, -0.05) is 116 Å². The van der Waals surface area contributed by atoms with Crippen LogP contribution in [0.2, 0.25) is 0 Å². The minimum absolute atomic E-state index is 0.363. The minimum atomic E-state index is -0.634. The maximum absolute atomic E-state index is 10.5. The van der Waals surface area contributed by atoms with Crippen molar-refractivity contribution >= 4 is 5.97 Å². The molecule has 1 saturated carbocycles. The van der Waals surface area contributed by atoms with Crippen LogP contribution in [0.25, 0.3) is 0 Å². The first-order chi connectivity index (χ1) is 13.2. The molecule has 0 aromatic carbocycles. The standard InChI is InChI=1S/C25H48O2/c1-2-3-4-5-6-7-8-9-10-11-12-13-14-15-16-17-19-23-22-24(23)20-18-21-25(26)27/h23-24H,2-22H2,1H3,(H,26,27). The topological polar surface area (TPSA) is 37.3 Å². The number of unbranched alkanes of at least 4 members (excludes halogenated alkanes) is 15. The van der Waals surface area contributed by atoms with Gasteiger partial charge in [-0.05, 0) is 31.1 Å². The summed E-state index contributed by atoms with van der Waals surface area (Å²) >= 11 is 0. The Bertz CT molecular complexity index is 339. The molecule has 27 heavy (non-hydrogen) atoms. The van der Waals surface area contributed by atoms with E-state index >= 15 is 0 Å². The number of hydrogen-bond donors (Lipinski definition) is 1. The van der Waals surface area contributed by atoms with Crippen molar-refractivity contribution in [3.8, 4) is 0 Å². The average molecular weight is 381 g/mol. The van der Waals surface area contributed by atoms with Gasteiger partial charge < -0.3 is 5.11 Å². The van der Waals surface area contributed by atoms with Crippen molar-refractivity contribution in [2.75, 3.05) is 0 Å². The van der Waals surface area contributed by atoms with Crippen LogP contribution >= 0.6 is 0 Å². The van der Waals surface area contributed by atoms with Crippen LogP contribution in [0.3, 0.4) is 0 Å². The summed E-state index contributed by atoms with van der Waals surface area (Å²) in [5.41, 5.74) is 0. The summed E-state index contributed by atoms with van der Waals surface area (Å²) in [5, 5.41) is 8.67. The molecular weight excluding hydrogens is 332 g/mol. The number of rotatable bonds is 21. The molecule has 2 unspecified atom stereocenters. The summed E-state index contributed by atoms with van der Waals surface area (Å²) < 4.78 is 0. The van der Waals surface area contributed by atoms with E-state index in [0.717, 1.165) is 24.7 Å². The van der Waals surface area contributed by atoms with Crippen LogP contribution in [0.4, 0.5) is 0 Å². The van der Waals surface area contributed by atoms with E-state index in [0.29, 0.717) is 6.42 Å². The van der Waals surface area contributed by atoms with Gasteiger partial charge in [0.1, 0.15) is 0 Å². The summed E-state index contributed by atoms with van der Waals surface area (Å²) in [6, 6.07) is 0. The van der Waals surface area contributed by atoms with Gasteiger partial charge in [0.15, 0.2) is 0 Å². The molecular formula is C25H48O2. The number of carboxylic acids is 1. The molecule has 1 fully saturated rings. The Morgan fingerprint density at radius 3 is 1.41 bits per heavy atom. The SMILES string of the molecule is CCCCCCCCCCCCCCCCCCC1CC1CCCC(=O)O. The largest absolute Gasteiger partial charge is 0.481 e. The molecule has 1 aliphatic carbocycles. The molecule has 0 heterocycles. The highest BCUT2D eigenvalue weighted by Crippen LogP contribution is 2.45. The summed E-state index contributed by atoms with van der Waals surface area (Å²) in [7, 11) is 0. The van der Waals surface area contributed by atoms with Gasteiger partial charge in [-0.25, -0.2) is 0 Å². The van der Waals surface area contributed by atoms with Crippen molar-refractivity contribution < 1.29 is 9.90 Å². The lowest BCUT2D eigenvalue weighted by atomic mass is 10.0. The average Bonchev–Trinajstić information content (AvgIpc) is 3.39. The molecule has 1 N–H and O–H groups in total. The third-order valence-corrected chi connectivity index (χ3v) is 6.46. The fourth-order valence-corrected chi connectivity index (χ4v) is 4.49. The van der Waals surface area contributed by atoms with E-state index in [1.807, 2.05) is 0 Å². The molecule has 0 aromatic rings. The molecule has 2 heteroatoms. The molecule has 0 radical (unpaired) electrons. The lowest BCUT2D eigenvalue weighted by Gasteiger charge is -2.04. The van der Waals surface area contributed by atoms with Crippen LogP contribution in [0, 0.1) is 11.8 Å². The minimum Gasteiger partial charge on any atom is -0.481 e. The quantitative estimate of drug-likeness (QED) is 0.203. The molecule has 0 bridgehead atoms. The monoisotopic (exact) mass is 380 g/mol. The van der Waals surface area contributed by atoms with Gasteiger partial charge in [0.25, 0.3) is 0 Å². The van der Waals surface area contributed by atoms with E-state index in [1.165, 1.54) is 116 Å². The molecule has 0 amide bonds. The van der Waals surface area contributed by atoms with Crippen LogP contribution in [-0.4, -0.2) is 11.1 Å². The molecule has 0 aliphatic heterocycles.